The fourth-order valence-electron chi connectivity index (χ4n) is 3.49. The predicted molar refractivity (Wildman–Crippen MR) is 114 cm³/mol. The van der Waals surface area contributed by atoms with Crippen LogP contribution in [0.4, 0.5) is 5.69 Å². The van der Waals surface area contributed by atoms with Crippen molar-refractivity contribution in [3.63, 3.8) is 0 Å². The first kappa shape index (κ1) is 20.2. The van der Waals surface area contributed by atoms with Crippen molar-refractivity contribution in [2.45, 2.75) is 19.4 Å². The summed E-state index contributed by atoms with van der Waals surface area (Å²) >= 11 is 0. The zero-order valence-corrected chi connectivity index (χ0v) is 16.8. The van der Waals surface area contributed by atoms with E-state index < -0.39 is 23.9 Å². The smallest absolute Gasteiger partial charge is 0.338 e. The number of ether oxygens (including phenoxy) is 1. The molecule has 0 N–H and O–H groups in total. The largest absolute Gasteiger partial charge is 0.450 e. The summed E-state index contributed by atoms with van der Waals surface area (Å²) in [5.41, 5.74) is 1.37. The lowest BCUT2D eigenvalue weighted by atomic mass is 10.0. The second kappa shape index (κ2) is 8.36. The fourth-order valence-corrected chi connectivity index (χ4v) is 3.49. The number of para-hydroxylation sites is 1. The van der Waals surface area contributed by atoms with Gasteiger partial charge in [0, 0.05) is 5.56 Å². The van der Waals surface area contributed by atoms with Gasteiger partial charge >= 0.3 is 5.97 Å². The molecule has 0 saturated heterocycles. The predicted octanol–water partition coefficient (Wildman–Crippen LogP) is 4.31. The lowest BCUT2D eigenvalue weighted by Gasteiger charge is -2.15. The second-order valence-corrected chi connectivity index (χ2v) is 7.07. The second-order valence-electron chi connectivity index (χ2n) is 7.07. The van der Waals surface area contributed by atoms with E-state index in [4.69, 9.17) is 4.74 Å². The van der Waals surface area contributed by atoms with Gasteiger partial charge in [0.05, 0.1) is 22.4 Å². The van der Waals surface area contributed by atoms with Gasteiger partial charge in [0.25, 0.3) is 11.8 Å². The minimum Gasteiger partial charge on any atom is -0.450 e. The van der Waals surface area contributed by atoms with Gasteiger partial charge in [-0.3, -0.25) is 14.4 Å². The summed E-state index contributed by atoms with van der Waals surface area (Å²) in [4.78, 5) is 52.0. The number of benzene rings is 3. The van der Waals surface area contributed by atoms with Crippen LogP contribution < -0.4 is 4.90 Å². The van der Waals surface area contributed by atoms with E-state index in [-0.39, 0.29) is 22.5 Å². The molecule has 1 aliphatic heterocycles. The number of nitrogens with zero attached hydrogens (tertiary/aromatic N) is 1. The van der Waals surface area contributed by atoms with E-state index in [0.717, 1.165) is 4.90 Å². The lowest BCUT2D eigenvalue weighted by Crippen LogP contribution is -2.29. The van der Waals surface area contributed by atoms with E-state index >= 15 is 0 Å². The van der Waals surface area contributed by atoms with Gasteiger partial charge in [-0.1, -0.05) is 55.5 Å². The van der Waals surface area contributed by atoms with E-state index in [1.54, 1.807) is 67.6 Å². The molecule has 6 nitrogen and oxygen atoms in total. The number of fused-ring (bicyclic) bond motifs is 1. The van der Waals surface area contributed by atoms with Gasteiger partial charge in [0.2, 0.25) is 5.78 Å². The highest BCUT2D eigenvalue weighted by Gasteiger charge is 2.37. The molecule has 1 heterocycles. The van der Waals surface area contributed by atoms with E-state index in [2.05, 4.69) is 0 Å². The highest BCUT2D eigenvalue weighted by Crippen LogP contribution is 2.29. The minimum atomic E-state index is -0.943. The summed E-state index contributed by atoms with van der Waals surface area (Å²) in [5, 5.41) is 0. The Morgan fingerprint density at radius 1 is 0.806 bits per heavy atom. The molecule has 0 spiro atoms. The summed E-state index contributed by atoms with van der Waals surface area (Å²) in [7, 11) is 0. The average molecular weight is 413 g/mol. The van der Waals surface area contributed by atoms with Crippen molar-refractivity contribution in [2.75, 3.05) is 4.90 Å². The van der Waals surface area contributed by atoms with Crippen molar-refractivity contribution >= 4 is 29.3 Å². The van der Waals surface area contributed by atoms with E-state index in [1.165, 1.54) is 18.2 Å². The van der Waals surface area contributed by atoms with Gasteiger partial charge in [-0.2, -0.15) is 0 Å². The Labute approximate surface area is 179 Å². The van der Waals surface area contributed by atoms with Crippen LogP contribution in [0.5, 0.6) is 0 Å². The number of carbonyl (C=O) groups excluding carboxylic acids is 4. The first-order chi connectivity index (χ1) is 15.0. The Kier molecular flexibility index (Phi) is 5.45. The third-order valence-electron chi connectivity index (χ3n) is 5.11. The number of ketones is 1. The highest BCUT2D eigenvalue weighted by atomic mass is 16.5. The molecule has 0 bridgehead atoms. The molecule has 6 heteroatoms. The molecule has 0 saturated carbocycles. The molecular formula is C25H19NO5. The van der Waals surface area contributed by atoms with E-state index in [0.29, 0.717) is 17.7 Å². The molecule has 154 valence electrons. The first-order valence-corrected chi connectivity index (χ1v) is 9.89. The molecule has 1 atom stereocenters. The standard InChI is InChI=1S/C25H19NO5/c1-2-21(22(27)16-9-5-3-6-10-16)31-25(30)17-13-14-19-20(15-17)24(29)26(23(19)28)18-11-7-4-8-12-18/h3-15,21H,2H2,1H3/t21-/m1/s1. The van der Waals surface area contributed by atoms with Gasteiger partial charge in [-0.05, 0) is 36.8 Å². The Morgan fingerprint density at radius 3 is 2.06 bits per heavy atom. The lowest BCUT2D eigenvalue weighted by molar-refractivity contribution is 0.0277. The van der Waals surface area contributed by atoms with Crippen molar-refractivity contribution in [1.82, 2.24) is 0 Å². The summed E-state index contributed by atoms with van der Waals surface area (Å²) in [6.45, 7) is 1.75. The van der Waals surface area contributed by atoms with Crippen LogP contribution >= 0.6 is 0 Å². The molecule has 1 aliphatic rings. The molecule has 3 aromatic carbocycles. The van der Waals surface area contributed by atoms with Crippen molar-refractivity contribution < 1.29 is 23.9 Å². The topological polar surface area (TPSA) is 80.8 Å². The Morgan fingerprint density at radius 2 is 1.42 bits per heavy atom. The van der Waals surface area contributed by atoms with Gasteiger partial charge in [0.1, 0.15) is 0 Å². The monoisotopic (exact) mass is 413 g/mol. The zero-order chi connectivity index (χ0) is 22.0. The fraction of sp³-hybridized carbons (Fsp3) is 0.120. The van der Waals surface area contributed by atoms with Crippen LogP contribution in [-0.2, 0) is 4.74 Å². The van der Waals surface area contributed by atoms with E-state index in [1.807, 2.05) is 0 Å². The van der Waals surface area contributed by atoms with Crippen molar-refractivity contribution in [3.05, 3.63) is 101 Å². The Bertz CT molecular complexity index is 1170. The maximum absolute atomic E-state index is 12.9. The Hall–Kier alpha value is -4.06. The number of hydrogen-bond acceptors (Lipinski definition) is 5. The molecule has 0 unspecified atom stereocenters. The summed E-state index contributed by atoms with van der Waals surface area (Å²) in [6.07, 6.45) is -0.634. The van der Waals surface area contributed by atoms with Crippen molar-refractivity contribution in [2.24, 2.45) is 0 Å². The number of esters is 1. The van der Waals surface area contributed by atoms with Crippen LogP contribution in [0.2, 0.25) is 0 Å². The molecule has 31 heavy (non-hydrogen) atoms. The summed E-state index contributed by atoms with van der Waals surface area (Å²) < 4.78 is 5.44. The SMILES string of the molecule is CC[C@@H](OC(=O)c1ccc2c(c1)C(=O)N(c1ccccc1)C2=O)C(=O)c1ccccc1. The zero-order valence-electron chi connectivity index (χ0n) is 16.8. The van der Waals surface area contributed by atoms with Crippen LogP contribution in [0.15, 0.2) is 78.9 Å². The average Bonchev–Trinajstić information content (AvgIpc) is 3.07. The number of anilines is 1. The summed E-state index contributed by atoms with van der Waals surface area (Å²) in [6, 6.07) is 21.4. The maximum Gasteiger partial charge on any atom is 0.338 e. The molecule has 0 aromatic heterocycles. The third kappa shape index (κ3) is 3.75. The Balaban J connectivity index is 1.57. The number of Topliss-reactive ketones (excluding diaryl/α,β-unsaturated/α-hetero) is 1. The molecule has 0 aliphatic carbocycles. The van der Waals surface area contributed by atoms with Crippen LogP contribution in [0.25, 0.3) is 0 Å². The normalized spacial score (nSPS) is 13.6. The number of rotatable bonds is 6. The van der Waals surface area contributed by atoms with Gasteiger partial charge in [-0.15, -0.1) is 0 Å². The van der Waals surface area contributed by atoms with E-state index in [9.17, 15) is 19.2 Å². The minimum absolute atomic E-state index is 0.106. The van der Waals surface area contributed by atoms with Gasteiger partial charge in [-0.25, -0.2) is 9.69 Å². The summed E-state index contributed by atoms with van der Waals surface area (Å²) in [5.74, 6) is -1.97. The molecule has 3 aromatic rings. The first-order valence-electron chi connectivity index (χ1n) is 9.89. The number of amides is 2. The number of carbonyl (C=O) groups is 4. The van der Waals surface area contributed by atoms with Crippen molar-refractivity contribution in [1.29, 1.82) is 0 Å². The quantitative estimate of drug-likeness (QED) is 0.342. The molecule has 2 amide bonds. The number of hydrogen-bond donors (Lipinski definition) is 0. The van der Waals surface area contributed by atoms with Gasteiger partial charge < -0.3 is 4.74 Å². The number of imide groups is 1. The van der Waals surface area contributed by atoms with Crippen LogP contribution in [-0.4, -0.2) is 29.7 Å². The third-order valence-corrected chi connectivity index (χ3v) is 5.11. The van der Waals surface area contributed by atoms with Crippen LogP contribution in [0, 0.1) is 0 Å². The van der Waals surface area contributed by atoms with Crippen LogP contribution in [0.1, 0.15) is 54.8 Å². The molecule has 4 rings (SSSR count). The highest BCUT2D eigenvalue weighted by molar-refractivity contribution is 6.34. The molecule has 0 fully saturated rings. The van der Waals surface area contributed by atoms with Crippen molar-refractivity contribution in [3.8, 4) is 0 Å². The maximum atomic E-state index is 12.9. The van der Waals surface area contributed by atoms with Crippen LogP contribution in [0.3, 0.4) is 0 Å². The molecular weight excluding hydrogens is 394 g/mol. The van der Waals surface area contributed by atoms with Gasteiger partial charge in [0.15, 0.2) is 6.10 Å². The molecule has 0 radical (unpaired) electrons.